The average molecular weight is 867 g/mol. The molecule has 11 nitrogen and oxygen atoms in total. The molecule has 65 heavy (non-hydrogen) atoms. The van der Waals surface area contributed by atoms with Gasteiger partial charge in [0.25, 0.3) is 5.91 Å². The van der Waals surface area contributed by atoms with Gasteiger partial charge in [-0.2, -0.15) is 0 Å². The molecule has 0 aliphatic carbocycles. The number of aromatic carboxylic acids is 1. The highest BCUT2D eigenvalue weighted by molar-refractivity contribution is 5.94. The smallest absolute Gasteiger partial charge is 0.335 e. The van der Waals surface area contributed by atoms with Gasteiger partial charge in [0.2, 0.25) is 0 Å². The van der Waals surface area contributed by atoms with E-state index in [4.69, 9.17) is 15.1 Å². The van der Waals surface area contributed by atoms with Crippen molar-refractivity contribution >= 4 is 33.9 Å². The van der Waals surface area contributed by atoms with Crippen molar-refractivity contribution in [3.8, 4) is 22.8 Å². The fourth-order valence-corrected chi connectivity index (χ4v) is 8.57. The lowest BCUT2D eigenvalue weighted by molar-refractivity contribution is 0.0696. The summed E-state index contributed by atoms with van der Waals surface area (Å²) in [6.45, 7) is 5.33. The molecule has 6 aromatic carbocycles. The number of likely N-dealkylation sites (tertiary alicyclic amines) is 1. The number of hydrogen-bond donors (Lipinski definition) is 2. The van der Waals surface area contributed by atoms with Crippen molar-refractivity contribution in [3.05, 3.63) is 180 Å². The number of nitrogens with zero attached hydrogens (tertiary/aromatic N) is 7. The lowest BCUT2D eigenvalue weighted by Crippen LogP contribution is -2.34. The number of benzene rings is 6. The highest BCUT2D eigenvalue weighted by Gasteiger charge is 2.28. The molecule has 10 rings (SSSR count). The minimum absolute atomic E-state index is 0.124. The summed E-state index contributed by atoms with van der Waals surface area (Å²) in [5.41, 5.74) is 9.49. The lowest BCUT2D eigenvalue weighted by Gasteiger charge is -2.20. The fraction of sp³-hybridized carbons (Fsp3) is 0.259. The summed E-state index contributed by atoms with van der Waals surface area (Å²) in [5.74, 6) is 1.08. The van der Waals surface area contributed by atoms with E-state index in [0.717, 1.165) is 87.1 Å². The number of fused-ring (bicyclic) bond motifs is 2. The van der Waals surface area contributed by atoms with Gasteiger partial charge in [-0.1, -0.05) is 109 Å². The van der Waals surface area contributed by atoms with Crippen LogP contribution in [0.15, 0.2) is 158 Å². The van der Waals surface area contributed by atoms with Crippen LogP contribution in [0.1, 0.15) is 44.7 Å². The molecule has 2 N–H and O–H groups in total. The molecule has 0 unspecified atom stereocenters. The Morgan fingerprint density at radius 1 is 0.585 bits per heavy atom. The molecule has 4 heterocycles. The minimum Gasteiger partial charge on any atom is -0.478 e. The maximum absolute atomic E-state index is 12.9. The Morgan fingerprint density at radius 2 is 1.05 bits per heavy atom. The van der Waals surface area contributed by atoms with Crippen molar-refractivity contribution in [1.29, 1.82) is 0 Å². The van der Waals surface area contributed by atoms with Crippen molar-refractivity contribution in [2.75, 3.05) is 54.4 Å². The summed E-state index contributed by atoms with van der Waals surface area (Å²) in [6, 6.07) is 52.9. The van der Waals surface area contributed by atoms with Crippen LogP contribution in [0.5, 0.6) is 0 Å². The summed E-state index contributed by atoms with van der Waals surface area (Å²) < 4.78 is 4.42. The maximum Gasteiger partial charge on any atom is 0.335 e. The van der Waals surface area contributed by atoms with Gasteiger partial charge in [-0.05, 0) is 107 Å². The van der Waals surface area contributed by atoms with Crippen LogP contribution in [0.4, 0.5) is 0 Å². The van der Waals surface area contributed by atoms with Gasteiger partial charge in [0.15, 0.2) is 0 Å². The standard InChI is InChI=1S/C27H28N4O.C21H16N2O2.C6H14N2/c1-29(2)23-16-17-30(19-23)27(32)22-14-12-20(13-15-22)18-31-25-11-7-6-10-24(25)28-26(31)21-8-4-3-5-9-21;24-21(25)17-12-10-15(11-13-17)14-23-19-9-5-4-8-18(19)22-20(23)16-6-2-1-3-7-16;1-8(2)6-3-4-7-5-6/h3-15,23H,16-19H2,1-2H3;1-13H,14H2,(H,24,25);6-7H,3-5H2,1-2H3/t23-;;6-/m1.0/s1. The van der Waals surface area contributed by atoms with Crippen LogP contribution in [-0.2, 0) is 13.1 Å². The first-order valence-electron chi connectivity index (χ1n) is 22.4. The lowest BCUT2D eigenvalue weighted by atomic mass is 10.1. The monoisotopic (exact) mass is 866 g/mol. The SMILES string of the molecule is CN(C)[C@@H]1CCN(C(=O)c2ccc(Cn3c(-c4ccccc4)nc4ccccc43)cc2)C1.CN(C)[C@H]1CCNC1.O=C(O)c1ccc(Cn2c(-c3ccccc3)nc3ccccc32)cc1. The van der Waals surface area contributed by atoms with Gasteiger partial charge in [0.05, 0.1) is 27.6 Å². The molecule has 2 aliphatic rings. The third-order valence-corrected chi connectivity index (χ3v) is 12.4. The first kappa shape index (κ1) is 44.7. The van der Waals surface area contributed by atoms with Gasteiger partial charge in [-0.3, -0.25) is 4.79 Å². The molecule has 11 heteroatoms. The van der Waals surface area contributed by atoms with Crippen molar-refractivity contribution in [2.45, 2.75) is 38.0 Å². The van der Waals surface area contributed by atoms with E-state index < -0.39 is 5.97 Å². The van der Waals surface area contributed by atoms with E-state index in [2.05, 4.69) is 94.9 Å². The molecular formula is C54H58N8O3. The molecule has 2 aliphatic heterocycles. The molecule has 0 spiro atoms. The summed E-state index contributed by atoms with van der Waals surface area (Å²) in [4.78, 5) is 40.1. The first-order valence-corrected chi connectivity index (χ1v) is 22.4. The number of aromatic nitrogens is 4. The number of imidazole rings is 2. The molecule has 2 saturated heterocycles. The number of amides is 1. The van der Waals surface area contributed by atoms with E-state index in [-0.39, 0.29) is 5.91 Å². The van der Waals surface area contributed by atoms with Gasteiger partial charge in [0, 0.05) is 61.5 Å². The van der Waals surface area contributed by atoms with Gasteiger partial charge >= 0.3 is 5.97 Å². The number of carbonyl (C=O) groups is 2. The molecule has 0 bridgehead atoms. The maximum atomic E-state index is 12.9. The number of carboxylic acids is 1. The number of para-hydroxylation sites is 4. The second-order valence-corrected chi connectivity index (χ2v) is 17.2. The normalized spacial score (nSPS) is 15.8. The molecule has 1 amide bonds. The Hall–Kier alpha value is -6.92. The van der Waals surface area contributed by atoms with Crippen LogP contribution in [0.25, 0.3) is 44.8 Å². The van der Waals surface area contributed by atoms with Gasteiger partial charge in [-0.15, -0.1) is 0 Å². The highest BCUT2D eigenvalue weighted by Crippen LogP contribution is 2.28. The van der Waals surface area contributed by atoms with E-state index in [1.807, 2.05) is 108 Å². The van der Waals surface area contributed by atoms with E-state index in [9.17, 15) is 9.59 Å². The minimum atomic E-state index is -0.912. The molecule has 2 fully saturated rings. The van der Waals surface area contributed by atoms with Crippen molar-refractivity contribution in [1.82, 2.24) is 39.1 Å². The number of carbonyl (C=O) groups excluding carboxylic acids is 1. The van der Waals surface area contributed by atoms with Crippen LogP contribution in [-0.4, -0.2) is 117 Å². The zero-order valence-corrected chi connectivity index (χ0v) is 37.7. The predicted molar refractivity (Wildman–Crippen MR) is 261 cm³/mol. The number of carboxylic acid groups (broad SMARTS) is 1. The third-order valence-electron chi connectivity index (χ3n) is 12.4. The van der Waals surface area contributed by atoms with Crippen LogP contribution >= 0.6 is 0 Å². The second-order valence-electron chi connectivity index (χ2n) is 17.2. The number of hydrogen-bond acceptors (Lipinski definition) is 7. The molecule has 8 aromatic rings. The molecular weight excluding hydrogens is 809 g/mol. The third kappa shape index (κ3) is 10.7. The Balaban J connectivity index is 0.000000155. The van der Waals surface area contributed by atoms with Crippen molar-refractivity contribution < 1.29 is 14.7 Å². The molecule has 0 radical (unpaired) electrons. The van der Waals surface area contributed by atoms with Gasteiger partial charge in [0.1, 0.15) is 11.6 Å². The summed E-state index contributed by atoms with van der Waals surface area (Å²) in [6.07, 6.45) is 2.35. The quantitative estimate of drug-likeness (QED) is 0.140. The highest BCUT2D eigenvalue weighted by atomic mass is 16.4. The van der Waals surface area contributed by atoms with Crippen LogP contribution in [0.3, 0.4) is 0 Å². The van der Waals surface area contributed by atoms with E-state index in [1.54, 1.807) is 12.1 Å². The summed E-state index contributed by atoms with van der Waals surface area (Å²) >= 11 is 0. The Morgan fingerprint density at radius 3 is 1.46 bits per heavy atom. The van der Waals surface area contributed by atoms with Gasteiger partial charge < -0.3 is 34.3 Å². The predicted octanol–water partition coefficient (Wildman–Crippen LogP) is 8.89. The Bertz CT molecular complexity index is 2810. The topological polar surface area (TPSA) is 112 Å². The fourth-order valence-electron chi connectivity index (χ4n) is 8.57. The van der Waals surface area contributed by atoms with Crippen LogP contribution in [0, 0.1) is 0 Å². The van der Waals surface area contributed by atoms with Gasteiger partial charge in [-0.25, -0.2) is 14.8 Å². The molecule has 332 valence electrons. The van der Waals surface area contributed by atoms with Crippen LogP contribution in [0.2, 0.25) is 0 Å². The second kappa shape index (κ2) is 20.7. The van der Waals surface area contributed by atoms with Crippen LogP contribution < -0.4 is 5.32 Å². The largest absolute Gasteiger partial charge is 0.478 e. The Kier molecular flexibility index (Phi) is 14.2. The van der Waals surface area contributed by atoms with E-state index in [0.29, 0.717) is 24.7 Å². The summed E-state index contributed by atoms with van der Waals surface area (Å²) in [5, 5.41) is 12.4. The molecule has 2 aromatic heterocycles. The zero-order valence-electron chi connectivity index (χ0n) is 37.7. The average Bonchev–Trinajstić information content (AvgIpc) is 4.18. The number of nitrogens with one attached hydrogen (secondary N) is 1. The number of rotatable bonds is 10. The van der Waals surface area contributed by atoms with Crippen molar-refractivity contribution in [3.63, 3.8) is 0 Å². The van der Waals surface area contributed by atoms with Crippen molar-refractivity contribution in [2.24, 2.45) is 0 Å². The molecule has 0 saturated carbocycles. The molecule has 2 atom stereocenters. The zero-order chi connectivity index (χ0) is 45.3. The number of likely N-dealkylation sites (N-methyl/N-ethyl adjacent to an activating group) is 2. The van der Waals surface area contributed by atoms with E-state index in [1.165, 1.54) is 19.5 Å². The summed E-state index contributed by atoms with van der Waals surface area (Å²) in [7, 11) is 8.43. The first-order chi connectivity index (χ1) is 31.6. The van der Waals surface area contributed by atoms with E-state index >= 15 is 0 Å². The Labute approximate surface area is 381 Å².